The van der Waals surface area contributed by atoms with E-state index in [2.05, 4.69) is 31.9 Å². The Morgan fingerprint density at radius 3 is 2.93 bits per heavy atom. The van der Waals surface area contributed by atoms with Crippen molar-refractivity contribution in [1.29, 1.82) is 0 Å². The molecule has 1 aromatic heterocycles. The average Bonchev–Trinajstić information content (AvgIpc) is 2.83. The maximum Gasteiger partial charge on any atom is 0.102 e. The summed E-state index contributed by atoms with van der Waals surface area (Å²) in [5, 5.41) is 4.57. The van der Waals surface area contributed by atoms with Crippen LogP contribution in [-0.2, 0) is 11.3 Å². The maximum absolute atomic E-state index is 5.37. The smallest absolute Gasteiger partial charge is 0.102 e. The lowest BCUT2D eigenvalue weighted by Gasteiger charge is -2.08. The van der Waals surface area contributed by atoms with Crippen LogP contribution in [0.25, 0.3) is 0 Å². The Balaban J connectivity index is 2.06. The van der Waals surface area contributed by atoms with Crippen LogP contribution in [0.1, 0.15) is 44.3 Å². The molecular formula is C11H17BrN2O. The van der Waals surface area contributed by atoms with Crippen LogP contribution in [-0.4, -0.2) is 16.4 Å². The predicted molar refractivity (Wildman–Crippen MR) is 62.8 cm³/mol. The van der Waals surface area contributed by atoms with E-state index >= 15 is 0 Å². The van der Waals surface area contributed by atoms with Gasteiger partial charge < -0.3 is 4.74 Å². The Morgan fingerprint density at radius 2 is 2.27 bits per heavy atom. The molecule has 0 atom stereocenters. The number of ether oxygens (including phenoxy) is 1. The second kappa shape index (κ2) is 5.12. The van der Waals surface area contributed by atoms with Gasteiger partial charge >= 0.3 is 0 Å². The van der Waals surface area contributed by atoms with Gasteiger partial charge in [-0.1, -0.05) is 12.8 Å². The number of nitrogens with zero attached hydrogens (tertiary/aromatic N) is 2. The molecule has 0 aromatic carbocycles. The highest BCUT2D eigenvalue weighted by molar-refractivity contribution is 9.10. The zero-order valence-electron chi connectivity index (χ0n) is 9.08. The molecule has 1 aliphatic carbocycles. The summed E-state index contributed by atoms with van der Waals surface area (Å²) in [4.78, 5) is 0. The molecule has 0 amide bonds. The predicted octanol–water partition coefficient (Wildman–Crippen LogP) is 3.30. The summed E-state index contributed by atoms with van der Waals surface area (Å²) < 4.78 is 8.55. The number of halogens is 1. The highest BCUT2D eigenvalue weighted by Crippen LogP contribution is 2.30. The van der Waals surface area contributed by atoms with Crippen LogP contribution >= 0.6 is 15.9 Å². The summed E-state index contributed by atoms with van der Waals surface area (Å²) in [6.07, 6.45) is 7.29. The zero-order chi connectivity index (χ0) is 10.7. The standard InChI is InChI=1S/C11H17BrN2O/c1-2-15-8-11-10(12)7-14(13-11)9-5-3-4-6-9/h7,9H,2-6,8H2,1H3. The third-order valence-corrected chi connectivity index (χ3v) is 3.56. The summed E-state index contributed by atoms with van der Waals surface area (Å²) in [5.41, 5.74) is 1.02. The number of rotatable bonds is 4. The zero-order valence-corrected chi connectivity index (χ0v) is 10.7. The van der Waals surface area contributed by atoms with Gasteiger partial charge in [-0.2, -0.15) is 5.10 Å². The minimum atomic E-state index is 0.608. The van der Waals surface area contributed by atoms with Crippen molar-refractivity contribution in [2.45, 2.75) is 45.3 Å². The first-order valence-corrected chi connectivity index (χ1v) is 6.42. The molecule has 3 nitrogen and oxygen atoms in total. The maximum atomic E-state index is 5.37. The SMILES string of the molecule is CCOCc1nn(C2CCCC2)cc1Br. The van der Waals surface area contributed by atoms with E-state index in [9.17, 15) is 0 Å². The Morgan fingerprint density at radius 1 is 1.53 bits per heavy atom. The molecule has 0 aliphatic heterocycles. The molecule has 2 rings (SSSR count). The van der Waals surface area contributed by atoms with Crippen LogP contribution in [0.5, 0.6) is 0 Å². The summed E-state index contributed by atoms with van der Waals surface area (Å²) in [5.74, 6) is 0. The molecule has 0 N–H and O–H groups in total. The fourth-order valence-corrected chi connectivity index (χ4v) is 2.46. The van der Waals surface area contributed by atoms with Gasteiger partial charge in [-0.15, -0.1) is 0 Å². The van der Waals surface area contributed by atoms with Crippen molar-refractivity contribution in [2.75, 3.05) is 6.61 Å². The molecule has 1 saturated carbocycles. The van der Waals surface area contributed by atoms with Crippen molar-refractivity contribution in [3.63, 3.8) is 0 Å². The molecule has 1 aromatic rings. The topological polar surface area (TPSA) is 27.1 Å². The van der Waals surface area contributed by atoms with Crippen LogP contribution in [0.2, 0.25) is 0 Å². The Labute approximate surface area is 98.9 Å². The fourth-order valence-electron chi connectivity index (χ4n) is 2.06. The van der Waals surface area contributed by atoms with Crippen LogP contribution in [0, 0.1) is 0 Å². The summed E-state index contributed by atoms with van der Waals surface area (Å²) >= 11 is 3.53. The Kier molecular flexibility index (Phi) is 3.81. The van der Waals surface area contributed by atoms with Gasteiger partial charge in [0, 0.05) is 12.8 Å². The molecule has 0 bridgehead atoms. The number of hydrogen-bond donors (Lipinski definition) is 0. The van der Waals surface area contributed by atoms with E-state index in [-0.39, 0.29) is 0 Å². The lowest BCUT2D eigenvalue weighted by Crippen LogP contribution is -2.06. The molecular weight excluding hydrogens is 256 g/mol. The second-order valence-electron chi connectivity index (χ2n) is 3.98. The number of aromatic nitrogens is 2. The van der Waals surface area contributed by atoms with Crippen molar-refractivity contribution < 1.29 is 4.74 Å². The van der Waals surface area contributed by atoms with Crippen LogP contribution in [0.4, 0.5) is 0 Å². The number of hydrogen-bond acceptors (Lipinski definition) is 2. The molecule has 4 heteroatoms. The first kappa shape index (κ1) is 11.1. The van der Waals surface area contributed by atoms with E-state index in [1.54, 1.807) is 0 Å². The molecule has 0 radical (unpaired) electrons. The largest absolute Gasteiger partial charge is 0.375 e. The monoisotopic (exact) mass is 272 g/mol. The molecule has 15 heavy (non-hydrogen) atoms. The first-order valence-electron chi connectivity index (χ1n) is 5.62. The van der Waals surface area contributed by atoms with Crippen molar-refractivity contribution in [2.24, 2.45) is 0 Å². The van der Waals surface area contributed by atoms with Crippen molar-refractivity contribution >= 4 is 15.9 Å². The van der Waals surface area contributed by atoms with Gasteiger partial charge in [0.15, 0.2) is 0 Å². The molecule has 1 heterocycles. The lowest BCUT2D eigenvalue weighted by molar-refractivity contribution is 0.130. The molecule has 1 aliphatic rings. The molecule has 0 spiro atoms. The minimum Gasteiger partial charge on any atom is -0.375 e. The molecule has 0 unspecified atom stereocenters. The molecule has 84 valence electrons. The molecule has 0 saturated heterocycles. The minimum absolute atomic E-state index is 0.608. The van der Waals surface area contributed by atoms with Gasteiger partial charge in [-0.05, 0) is 35.7 Å². The highest BCUT2D eigenvalue weighted by Gasteiger charge is 2.19. The fraction of sp³-hybridized carbons (Fsp3) is 0.727. The second-order valence-corrected chi connectivity index (χ2v) is 4.83. The van der Waals surface area contributed by atoms with Crippen molar-refractivity contribution in [3.8, 4) is 0 Å². The van der Waals surface area contributed by atoms with E-state index in [0.29, 0.717) is 12.6 Å². The van der Waals surface area contributed by atoms with Gasteiger partial charge in [0.1, 0.15) is 5.69 Å². The summed E-state index contributed by atoms with van der Waals surface area (Å²) in [6.45, 7) is 3.35. The third kappa shape index (κ3) is 2.61. The van der Waals surface area contributed by atoms with Crippen LogP contribution in [0.3, 0.4) is 0 Å². The van der Waals surface area contributed by atoms with Crippen LogP contribution < -0.4 is 0 Å². The van der Waals surface area contributed by atoms with Gasteiger partial charge in [-0.25, -0.2) is 0 Å². The summed E-state index contributed by atoms with van der Waals surface area (Å²) in [6, 6.07) is 0.608. The van der Waals surface area contributed by atoms with E-state index < -0.39 is 0 Å². The average molecular weight is 273 g/mol. The summed E-state index contributed by atoms with van der Waals surface area (Å²) in [7, 11) is 0. The van der Waals surface area contributed by atoms with Gasteiger partial charge in [0.25, 0.3) is 0 Å². The van der Waals surface area contributed by atoms with E-state index in [0.717, 1.165) is 16.8 Å². The van der Waals surface area contributed by atoms with E-state index in [1.165, 1.54) is 25.7 Å². The van der Waals surface area contributed by atoms with Gasteiger partial charge in [0.05, 0.1) is 17.1 Å². The molecule has 1 fully saturated rings. The Bertz CT molecular complexity index is 318. The first-order chi connectivity index (χ1) is 7.31. The quantitative estimate of drug-likeness (QED) is 0.841. The van der Waals surface area contributed by atoms with Crippen molar-refractivity contribution in [3.05, 3.63) is 16.4 Å². The van der Waals surface area contributed by atoms with E-state index in [1.807, 2.05) is 6.92 Å². The van der Waals surface area contributed by atoms with Crippen LogP contribution in [0.15, 0.2) is 10.7 Å². The Hall–Kier alpha value is -0.350. The highest BCUT2D eigenvalue weighted by atomic mass is 79.9. The normalized spacial score (nSPS) is 17.5. The van der Waals surface area contributed by atoms with E-state index in [4.69, 9.17) is 4.74 Å². The van der Waals surface area contributed by atoms with Crippen molar-refractivity contribution in [1.82, 2.24) is 9.78 Å². The van der Waals surface area contributed by atoms with Gasteiger partial charge in [-0.3, -0.25) is 4.68 Å². The third-order valence-electron chi connectivity index (χ3n) is 2.90. The lowest BCUT2D eigenvalue weighted by atomic mass is 10.3. The van der Waals surface area contributed by atoms with Gasteiger partial charge in [0.2, 0.25) is 0 Å².